The highest BCUT2D eigenvalue weighted by Gasteiger charge is 2.52. The number of fused-ring (bicyclic) bond motifs is 2. The van der Waals surface area contributed by atoms with Crippen LogP contribution in [-0.2, 0) is 20.8 Å². The molecule has 0 radical (unpaired) electrons. The molecule has 0 spiro atoms. The van der Waals surface area contributed by atoms with Gasteiger partial charge in [-0.3, -0.25) is 4.90 Å². The van der Waals surface area contributed by atoms with Crippen molar-refractivity contribution in [2.75, 3.05) is 40.0 Å². The fourth-order valence-electron chi connectivity index (χ4n) is 3.90. The van der Waals surface area contributed by atoms with E-state index in [1.54, 1.807) is 7.11 Å². The maximum atomic E-state index is 11.0. The molecule has 3 heterocycles. The maximum absolute atomic E-state index is 11.0. The van der Waals surface area contributed by atoms with Gasteiger partial charge in [0.1, 0.15) is 11.9 Å². The monoisotopic (exact) mass is 350 g/mol. The molecular formula is C18H26N2O5. The molecule has 7 heteroatoms. The Morgan fingerprint density at radius 1 is 1.24 bits per heavy atom. The lowest BCUT2D eigenvalue weighted by molar-refractivity contribution is -0.191. The second-order valence-corrected chi connectivity index (χ2v) is 6.76. The third-order valence-corrected chi connectivity index (χ3v) is 5.30. The molecule has 5 atom stereocenters. The average Bonchev–Trinajstić information content (AvgIpc) is 3.08. The van der Waals surface area contributed by atoms with Crippen LogP contribution in [0.15, 0.2) is 24.3 Å². The lowest BCUT2D eigenvalue weighted by atomic mass is 9.94. The van der Waals surface area contributed by atoms with Gasteiger partial charge in [0.15, 0.2) is 6.29 Å². The molecule has 138 valence electrons. The van der Waals surface area contributed by atoms with E-state index in [1.165, 1.54) is 0 Å². The molecule has 0 aromatic heterocycles. The number of rotatable bonds is 5. The molecule has 3 aliphatic rings. The van der Waals surface area contributed by atoms with E-state index in [0.717, 1.165) is 24.4 Å². The van der Waals surface area contributed by atoms with Crippen molar-refractivity contribution >= 4 is 0 Å². The van der Waals surface area contributed by atoms with E-state index >= 15 is 0 Å². The molecule has 3 fully saturated rings. The summed E-state index contributed by atoms with van der Waals surface area (Å²) in [5.74, 6) is 0.837. The zero-order valence-corrected chi connectivity index (χ0v) is 14.5. The van der Waals surface area contributed by atoms with Crippen molar-refractivity contribution in [3.05, 3.63) is 29.8 Å². The van der Waals surface area contributed by atoms with Gasteiger partial charge in [0.05, 0.1) is 45.1 Å². The van der Waals surface area contributed by atoms with Crippen LogP contribution < -0.4 is 10.1 Å². The summed E-state index contributed by atoms with van der Waals surface area (Å²) in [4.78, 5) is 2.22. The number of ether oxygens (including phenoxy) is 4. The first-order valence-corrected chi connectivity index (χ1v) is 8.89. The van der Waals surface area contributed by atoms with Gasteiger partial charge < -0.3 is 29.4 Å². The summed E-state index contributed by atoms with van der Waals surface area (Å²) in [5.41, 5.74) is 1.14. The lowest BCUT2D eigenvalue weighted by Gasteiger charge is -2.45. The SMILES string of the molecule is COc1ccc(CN[C@H]2[C@H](O)[C@@H](N3CCOCC3)[C@@H]3OC[C@H]2O3)cc1. The Balaban J connectivity index is 1.42. The minimum Gasteiger partial charge on any atom is -0.497 e. The van der Waals surface area contributed by atoms with E-state index in [9.17, 15) is 5.11 Å². The molecule has 2 bridgehead atoms. The van der Waals surface area contributed by atoms with E-state index in [1.807, 2.05) is 24.3 Å². The number of nitrogens with one attached hydrogen (secondary N) is 1. The second-order valence-electron chi connectivity index (χ2n) is 6.76. The van der Waals surface area contributed by atoms with Gasteiger partial charge in [-0.1, -0.05) is 12.1 Å². The highest BCUT2D eigenvalue weighted by atomic mass is 16.7. The maximum Gasteiger partial charge on any atom is 0.176 e. The molecule has 2 N–H and O–H groups in total. The van der Waals surface area contributed by atoms with Crippen molar-refractivity contribution in [2.45, 2.75) is 37.1 Å². The van der Waals surface area contributed by atoms with Crippen LogP contribution in [0.2, 0.25) is 0 Å². The van der Waals surface area contributed by atoms with Crippen molar-refractivity contribution in [3.8, 4) is 5.75 Å². The first-order chi connectivity index (χ1) is 12.3. The molecule has 0 amide bonds. The van der Waals surface area contributed by atoms with Crippen LogP contribution in [-0.4, -0.2) is 80.6 Å². The Hall–Kier alpha value is -1.22. The van der Waals surface area contributed by atoms with Crippen molar-refractivity contribution in [1.82, 2.24) is 10.2 Å². The summed E-state index contributed by atoms with van der Waals surface area (Å²) < 4.78 is 22.4. The zero-order chi connectivity index (χ0) is 17.2. The number of hydrogen-bond donors (Lipinski definition) is 2. The number of nitrogens with zero attached hydrogens (tertiary/aromatic N) is 1. The molecule has 0 unspecified atom stereocenters. The third kappa shape index (κ3) is 3.53. The lowest BCUT2D eigenvalue weighted by Crippen LogP contribution is -2.65. The van der Waals surface area contributed by atoms with Crippen molar-refractivity contribution in [2.24, 2.45) is 0 Å². The smallest absolute Gasteiger partial charge is 0.176 e. The fraction of sp³-hybridized carbons (Fsp3) is 0.667. The van der Waals surface area contributed by atoms with Crippen molar-refractivity contribution in [1.29, 1.82) is 0 Å². The molecule has 0 saturated carbocycles. The molecule has 1 aromatic rings. The number of aliphatic hydroxyl groups excluding tert-OH is 1. The number of methoxy groups -OCH3 is 1. The van der Waals surface area contributed by atoms with Crippen LogP contribution in [0.3, 0.4) is 0 Å². The second kappa shape index (κ2) is 7.57. The Morgan fingerprint density at radius 3 is 2.72 bits per heavy atom. The summed E-state index contributed by atoms with van der Waals surface area (Å²) >= 11 is 0. The first kappa shape index (κ1) is 17.2. The van der Waals surface area contributed by atoms with E-state index in [4.69, 9.17) is 18.9 Å². The number of aliphatic hydroxyl groups is 1. The van der Waals surface area contributed by atoms with E-state index < -0.39 is 6.10 Å². The van der Waals surface area contributed by atoms with Crippen LogP contribution in [0, 0.1) is 0 Å². The van der Waals surface area contributed by atoms with Gasteiger partial charge in [-0.05, 0) is 17.7 Å². The highest BCUT2D eigenvalue weighted by molar-refractivity contribution is 5.27. The Bertz CT molecular complexity index is 563. The molecule has 4 rings (SSSR count). The average molecular weight is 350 g/mol. The summed E-state index contributed by atoms with van der Waals surface area (Å²) in [6.45, 7) is 4.13. The summed E-state index contributed by atoms with van der Waals surface area (Å²) in [6, 6.07) is 7.61. The molecule has 25 heavy (non-hydrogen) atoms. The summed E-state index contributed by atoms with van der Waals surface area (Å²) in [6.07, 6.45) is -1.00. The molecule has 3 aliphatic heterocycles. The number of benzene rings is 1. The summed E-state index contributed by atoms with van der Waals surface area (Å²) in [5, 5.41) is 14.5. The Morgan fingerprint density at radius 2 is 2.00 bits per heavy atom. The minimum absolute atomic E-state index is 0.115. The molecule has 1 aromatic carbocycles. The first-order valence-electron chi connectivity index (χ1n) is 8.89. The topological polar surface area (TPSA) is 72.4 Å². The van der Waals surface area contributed by atoms with Gasteiger partial charge in [-0.15, -0.1) is 0 Å². The van der Waals surface area contributed by atoms with Crippen LogP contribution in [0.1, 0.15) is 5.56 Å². The van der Waals surface area contributed by atoms with Crippen molar-refractivity contribution in [3.63, 3.8) is 0 Å². The Labute approximate surface area is 147 Å². The molecule has 3 saturated heterocycles. The van der Waals surface area contributed by atoms with Crippen LogP contribution in [0.4, 0.5) is 0 Å². The van der Waals surface area contributed by atoms with Gasteiger partial charge in [-0.25, -0.2) is 0 Å². The van der Waals surface area contributed by atoms with Gasteiger partial charge in [0.25, 0.3) is 0 Å². The van der Waals surface area contributed by atoms with E-state index in [0.29, 0.717) is 26.4 Å². The normalized spacial score (nSPS) is 35.7. The quantitative estimate of drug-likeness (QED) is 0.773. The standard InChI is InChI=1S/C18H26N2O5/c1-22-13-4-2-12(3-5-13)10-19-15-14-11-24-18(25-14)16(17(15)21)20-6-8-23-9-7-20/h2-5,14-19,21H,6-11H2,1H3/t14-,15-,16-,17+,18-/m1/s1. The third-order valence-electron chi connectivity index (χ3n) is 5.30. The number of morpholine rings is 1. The minimum atomic E-state index is -0.539. The van der Waals surface area contributed by atoms with Gasteiger partial charge in [0.2, 0.25) is 0 Å². The fourth-order valence-corrected chi connectivity index (χ4v) is 3.90. The number of hydrogen-bond acceptors (Lipinski definition) is 7. The van der Waals surface area contributed by atoms with Crippen molar-refractivity contribution < 1.29 is 24.1 Å². The predicted molar refractivity (Wildman–Crippen MR) is 90.4 cm³/mol. The Kier molecular flexibility index (Phi) is 5.21. The van der Waals surface area contributed by atoms with Gasteiger partial charge in [0, 0.05) is 19.6 Å². The largest absolute Gasteiger partial charge is 0.497 e. The van der Waals surface area contributed by atoms with Crippen LogP contribution >= 0.6 is 0 Å². The van der Waals surface area contributed by atoms with E-state index in [2.05, 4.69) is 10.2 Å². The highest BCUT2D eigenvalue weighted by Crippen LogP contribution is 2.32. The molecular weight excluding hydrogens is 324 g/mol. The van der Waals surface area contributed by atoms with E-state index in [-0.39, 0.29) is 24.5 Å². The predicted octanol–water partition coefficient (Wildman–Crippen LogP) is -0.0298. The van der Waals surface area contributed by atoms with Gasteiger partial charge >= 0.3 is 0 Å². The summed E-state index contributed by atoms with van der Waals surface area (Å²) in [7, 11) is 1.66. The molecule has 7 nitrogen and oxygen atoms in total. The van der Waals surface area contributed by atoms with Gasteiger partial charge in [-0.2, -0.15) is 0 Å². The zero-order valence-electron chi connectivity index (χ0n) is 14.5. The molecule has 0 aliphatic carbocycles. The van der Waals surface area contributed by atoms with Crippen LogP contribution in [0.5, 0.6) is 5.75 Å². The van der Waals surface area contributed by atoms with Crippen LogP contribution in [0.25, 0.3) is 0 Å².